The van der Waals surface area contributed by atoms with Crippen LogP contribution in [0.4, 0.5) is 5.13 Å². The Morgan fingerprint density at radius 3 is 2.67 bits per heavy atom. The van der Waals surface area contributed by atoms with E-state index in [4.69, 9.17) is 10.5 Å². The first kappa shape index (κ1) is 13.7. The second-order valence-corrected chi connectivity index (χ2v) is 6.01. The van der Waals surface area contributed by atoms with Gasteiger partial charge in [0.25, 0.3) is 0 Å². The number of methoxy groups -OCH3 is 1. The summed E-state index contributed by atoms with van der Waals surface area (Å²) in [6.45, 7) is 4.02. The summed E-state index contributed by atoms with van der Waals surface area (Å²) in [7, 11) is 1.61. The molecule has 0 saturated carbocycles. The molecule has 0 spiro atoms. The Hall–Kier alpha value is -2.27. The first-order valence-corrected chi connectivity index (χ1v) is 7.36. The third kappa shape index (κ3) is 2.19. The lowest BCUT2D eigenvalue weighted by molar-refractivity contribution is 0.412. The number of anilines is 1. The zero-order valence-corrected chi connectivity index (χ0v) is 12.9. The van der Waals surface area contributed by atoms with Crippen LogP contribution in [-0.4, -0.2) is 17.2 Å². The summed E-state index contributed by atoms with van der Waals surface area (Å²) in [4.78, 5) is 4.37. The highest BCUT2D eigenvalue weighted by molar-refractivity contribution is 7.22. The molecule has 1 heterocycles. The van der Waals surface area contributed by atoms with Crippen molar-refractivity contribution < 1.29 is 9.84 Å². The fourth-order valence-corrected chi connectivity index (χ4v) is 3.42. The highest BCUT2D eigenvalue weighted by Crippen LogP contribution is 2.40. The fourth-order valence-electron chi connectivity index (χ4n) is 2.51. The molecule has 3 aromatic rings. The van der Waals surface area contributed by atoms with Crippen molar-refractivity contribution in [3.05, 3.63) is 35.4 Å². The summed E-state index contributed by atoms with van der Waals surface area (Å²) in [6.07, 6.45) is 0. The largest absolute Gasteiger partial charge is 0.507 e. The van der Waals surface area contributed by atoms with Gasteiger partial charge in [-0.1, -0.05) is 11.3 Å². The van der Waals surface area contributed by atoms with E-state index in [-0.39, 0.29) is 5.75 Å². The number of hydrogen-bond donors (Lipinski definition) is 2. The first-order chi connectivity index (χ1) is 10.0. The van der Waals surface area contributed by atoms with Crippen LogP contribution in [0.25, 0.3) is 21.3 Å². The summed E-state index contributed by atoms with van der Waals surface area (Å²) in [6, 6.07) is 7.26. The molecule has 0 saturated heterocycles. The predicted octanol–water partition coefficient (Wildman–Crippen LogP) is 3.88. The first-order valence-electron chi connectivity index (χ1n) is 6.55. The van der Waals surface area contributed by atoms with Crippen molar-refractivity contribution in [2.24, 2.45) is 0 Å². The molecule has 3 N–H and O–H groups in total. The molecule has 5 heteroatoms. The average molecular weight is 300 g/mol. The van der Waals surface area contributed by atoms with E-state index in [1.165, 1.54) is 11.3 Å². The zero-order valence-electron chi connectivity index (χ0n) is 12.1. The smallest absolute Gasteiger partial charge is 0.181 e. The van der Waals surface area contributed by atoms with Gasteiger partial charge in [0.2, 0.25) is 0 Å². The van der Waals surface area contributed by atoms with Gasteiger partial charge in [0, 0.05) is 5.56 Å². The van der Waals surface area contributed by atoms with Gasteiger partial charge in [-0.15, -0.1) is 0 Å². The molecule has 1 aromatic heterocycles. The number of aromatic nitrogens is 1. The molecule has 2 aromatic carbocycles. The monoisotopic (exact) mass is 300 g/mol. The highest BCUT2D eigenvalue weighted by atomic mass is 32.1. The number of nitrogens with zero attached hydrogens (tertiary/aromatic N) is 1. The number of hydrogen-bond acceptors (Lipinski definition) is 5. The van der Waals surface area contributed by atoms with E-state index >= 15 is 0 Å². The predicted molar refractivity (Wildman–Crippen MR) is 87.2 cm³/mol. The maximum atomic E-state index is 10.2. The summed E-state index contributed by atoms with van der Waals surface area (Å²) in [5.41, 5.74) is 10.6. The number of phenols is 1. The lowest BCUT2D eigenvalue weighted by Gasteiger charge is -2.12. The van der Waals surface area contributed by atoms with Gasteiger partial charge in [-0.2, -0.15) is 0 Å². The van der Waals surface area contributed by atoms with Gasteiger partial charge in [-0.25, -0.2) is 4.98 Å². The van der Waals surface area contributed by atoms with Gasteiger partial charge < -0.3 is 15.6 Å². The van der Waals surface area contributed by atoms with Crippen LogP contribution in [0, 0.1) is 13.8 Å². The van der Waals surface area contributed by atoms with Gasteiger partial charge in [-0.3, -0.25) is 0 Å². The van der Waals surface area contributed by atoms with E-state index in [0.717, 1.165) is 32.5 Å². The molecule has 0 aliphatic rings. The minimum Gasteiger partial charge on any atom is -0.507 e. The molecule has 0 bridgehead atoms. The Morgan fingerprint density at radius 2 is 1.95 bits per heavy atom. The summed E-state index contributed by atoms with van der Waals surface area (Å²) < 4.78 is 6.31. The van der Waals surface area contributed by atoms with E-state index in [1.54, 1.807) is 19.2 Å². The number of aryl methyl sites for hydroxylation is 2. The average Bonchev–Trinajstić information content (AvgIpc) is 2.86. The summed E-state index contributed by atoms with van der Waals surface area (Å²) in [5.74, 6) is 0.943. The SMILES string of the molecule is COc1ccc(O)c(-c2cc(C)c3nc(N)sc3c2C)c1. The Balaban J connectivity index is 2.32. The number of phenolic OH excluding ortho intramolecular Hbond substituents is 1. The molecule has 0 fully saturated rings. The van der Waals surface area contributed by atoms with Crippen LogP contribution in [0.3, 0.4) is 0 Å². The van der Waals surface area contributed by atoms with Crippen molar-refractivity contribution in [1.82, 2.24) is 4.98 Å². The fraction of sp³-hybridized carbons (Fsp3) is 0.188. The van der Waals surface area contributed by atoms with Crippen LogP contribution in [0.1, 0.15) is 11.1 Å². The molecule has 0 aliphatic carbocycles. The number of rotatable bonds is 2. The lowest BCUT2D eigenvalue weighted by atomic mass is 9.96. The number of nitrogen functional groups attached to an aromatic ring is 1. The van der Waals surface area contributed by atoms with Crippen LogP contribution in [-0.2, 0) is 0 Å². The van der Waals surface area contributed by atoms with Gasteiger partial charge >= 0.3 is 0 Å². The number of fused-ring (bicyclic) bond motifs is 1. The van der Waals surface area contributed by atoms with Crippen LogP contribution in [0.2, 0.25) is 0 Å². The van der Waals surface area contributed by atoms with Gasteiger partial charge in [-0.05, 0) is 54.8 Å². The van der Waals surface area contributed by atoms with E-state index in [2.05, 4.69) is 4.98 Å². The van der Waals surface area contributed by atoms with Gasteiger partial charge in [0.1, 0.15) is 11.5 Å². The number of aromatic hydroxyl groups is 1. The summed E-state index contributed by atoms with van der Waals surface area (Å²) in [5, 5.41) is 10.7. The second-order valence-electron chi connectivity index (χ2n) is 4.98. The van der Waals surface area contributed by atoms with E-state index < -0.39 is 0 Å². The van der Waals surface area contributed by atoms with Gasteiger partial charge in [0.15, 0.2) is 5.13 Å². The standard InChI is InChI=1S/C16H16N2O2S/c1-8-6-11(9(2)15-14(8)18-16(17)21-15)12-7-10(20-3)4-5-13(12)19/h4-7,19H,1-3H3,(H2,17,18). The van der Waals surface area contributed by atoms with Crippen molar-refractivity contribution in [1.29, 1.82) is 0 Å². The van der Waals surface area contributed by atoms with Crippen molar-refractivity contribution in [2.45, 2.75) is 13.8 Å². The summed E-state index contributed by atoms with van der Waals surface area (Å²) >= 11 is 1.47. The minimum absolute atomic E-state index is 0.232. The van der Waals surface area contributed by atoms with Crippen LogP contribution in [0.5, 0.6) is 11.5 Å². The minimum atomic E-state index is 0.232. The van der Waals surface area contributed by atoms with Crippen molar-refractivity contribution in [3.63, 3.8) is 0 Å². The van der Waals surface area contributed by atoms with Crippen LogP contribution in [0.15, 0.2) is 24.3 Å². The molecule has 0 radical (unpaired) electrons. The van der Waals surface area contributed by atoms with Crippen molar-refractivity contribution in [2.75, 3.05) is 12.8 Å². The maximum absolute atomic E-state index is 10.2. The maximum Gasteiger partial charge on any atom is 0.181 e. The molecule has 0 atom stereocenters. The molecule has 0 amide bonds. The van der Waals surface area contributed by atoms with Crippen molar-refractivity contribution in [3.8, 4) is 22.6 Å². The van der Waals surface area contributed by atoms with Crippen molar-refractivity contribution >= 4 is 26.7 Å². The Labute approximate surface area is 126 Å². The lowest BCUT2D eigenvalue weighted by Crippen LogP contribution is -1.90. The molecule has 0 aliphatic heterocycles. The Morgan fingerprint density at radius 1 is 1.19 bits per heavy atom. The van der Waals surface area contributed by atoms with E-state index in [9.17, 15) is 5.11 Å². The van der Waals surface area contributed by atoms with E-state index in [0.29, 0.717) is 10.9 Å². The normalized spacial score (nSPS) is 11.0. The van der Waals surface area contributed by atoms with Gasteiger partial charge in [0.05, 0.1) is 17.3 Å². The third-order valence-electron chi connectivity index (χ3n) is 3.62. The molecule has 0 unspecified atom stereocenters. The number of benzene rings is 2. The zero-order chi connectivity index (χ0) is 15.1. The quantitative estimate of drug-likeness (QED) is 0.753. The molecular weight excluding hydrogens is 284 g/mol. The molecule has 21 heavy (non-hydrogen) atoms. The van der Waals surface area contributed by atoms with Crippen LogP contribution < -0.4 is 10.5 Å². The highest BCUT2D eigenvalue weighted by Gasteiger charge is 2.15. The second kappa shape index (κ2) is 4.93. The molecular formula is C16H16N2O2S. The number of nitrogens with two attached hydrogens (primary N) is 1. The number of thiazole rings is 1. The number of ether oxygens (including phenoxy) is 1. The Bertz CT molecular complexity index is 840. The third-order valence-corrected chi connectivity index (χ3v) is 4.62. The molecule has 3 rings (SSSR count). The molecule has 108 valence electrons. The topological polar surface area (TPSA) is 68.4 Å². The Kier molecular flexibility index (Phi) is 3.22. The molecule has 4 nitrogen and oxygen atoms in total. The van der Waals surface area contributed by atoms with Crippen LogP contribution >= 0.6 is 11.3 Å². The van der Waals surface area contributed by atoms with E-state index in [1.807, 2.05) is 26.0 Å².